The second-order valence-electron chi connectivity index (χ2n) is 8.33. The monoisotopic (exact) mass is 546 g/mol. The molecule has 6 nitrogen and oxygen atoms in total. The van der Waals surface area contributed by atoms with E-state index in [9.17, 15) is 0 Å². The van der Waals surface area contributed by atoms with Gasteiger partial charge >= 0.3 is 0 Å². The maximum Gasteiger partial charge on any atom is 0.175 e. The minimum Gasteiger partial charge on any atom is -0.329 e. The Kier molecular flexibility index (Phi) is 7.71. The van der Waals surface area contributed by atoms with Crippen molar-refractivity contribution in [3.05, 3.63) is 91.4 Å². The van der Waals surface area contributed by atoms with Gasteiger partial charge < -0.3 is 10.6 Å². The maximum absolute atomic E-state index is 6.34. The van der Waals surface area contributed by atoms with Crippen LogP contribution >= 0.6 is 47.0 Å². The quantitative estimate of drug-likeness (QED) is 0.250. The van der Waals surface area contributed by atoms with Crippen molar-refractivity contribution < 1.29 is 0 Å². The van der Waals surface area contributed by atoms with Crippen molar-refractivity contribution in [2.24, 2.45) is 0 Å². The van der Waals surface area contributed by atoms with Crippen LogP contribution in [0.2, 0.25) is 15.1 Å². The summed E-state index contributed by atoms with van der Waals surface area (Å²) in [6.07, 6.45) is 0. The molecular formula is C25H25Cl3N6S. The summed E-state index contributed by atoms with van der Waals surface area (Å²) in [6.45, 7) is 9.05. The Balaban J connectivity index is 1.48. The molecule has 0 bridgehead atoms. The zero-order chi connectivity index (χ0) is 25.3. The Morgan fingerprint density at radius 2 is 1.34 bits per heavy atom. The molecule has 0 spiro atoms. The van der Waals surface area contributed by atoms with Gasteiger partial charge in [0, 0.05) is 5.02 Å². The summed E-state index contributed by atoms with van der Waals surface area (Å²) in [4.78, 5) is 0. The molecule has 2 heterocycles. The van der Waals surface area contributed by atoms with Crippen molar-refractivity contribution in [3.8, 4) is 0 Å². The normalized spacial score (nSPS) is 11.1. The van der Waals surface area contributed by atoms with Gasteiger partial charge in [0.15, 0.2) is 5.11 Å². The van der Waals surface area contributed by atoms with E-state index in [1.54, 1.807) is 6.07 Å². The molecule has 182 valence electrons. The zero-order valence-electron chi connectivity index (χ0n) is 19.8. The standard InChI is InChI=1S/C25H25Cl3N6S/c1-14-23(16(3)33(31-14)12-18-9-10-21(27)22(28)11-18)29-25(35)30-24-15(2)32-34(17(24)4)13-19-7-5-6-8-20(19)26/h5-11H,12-13H2,1-4H3,(H2,29,30,35). The van der Waals surface area contributed by atoms with E-state index in [2.05, 4.69) is 20.8 Å². The molecule has 4 aromatic rings. The first-order valence-corrected chi connectivity index (χ1v) is 12.5. The molecule has 2 aromatic carbocycles. The number of rotatable bonds is 6. The lowest BCUT2D eigenvalue weighted by Gasteiger charge is -2.12. The van der Waals surface area contributed by atoms with E-state index in [0.29, 0.717) is 28.2 Å². The van der Waals surface area contributed by atoms with Crippen molar-refractivity contribution >= 4 is 63.5 Å². The van der Waals surface area contributed by atoms with Gasteiger partial charge in [-0.3, -0.25) is 9.36 Å². The molecule has 2 N–H and O–H groups in total. The minimum absolute atomic E-state index is 0.466. The third-order valence-electron chi connectivity index (χ3n) is 5.83. The van der Waals surface area contributed by atoms with Crippen LogP contribution in [0, 0.1) is 27.7 Å². The van der Waals surface area contributed by atoms with E-state index in [-0.39, 0.29) is 0 Å². The highest BCUT2D eigenvalue weighted by atomic mass is 35.5. The van der Waals surface area contributed by atoms with Crippen molar-refractivity contribution in [2.75, 3.05) is 10.6 Å². The average Bonchev–Trinajstić information content (AvgIpc) is 3.22. The molecule has 0 aliphatic heterocycles. The third kappa shape index (κ3) is 5.64. The third-order valence-corrected chi connectivity index (χ3v) is 7.15. The van der Waals surface area contributed by atoms with Crippen LogP contribution in [0.4, 0.5) is 11.4 Å². The lowest BCUT2D eigenvalue weighted by Crippen LogP contribution is -2.21. The molecule has 0 aliphatic rings. The molecular weight excluding hydrogens is 523 g/mol. The highest BCUT2D eigenvalue weighted by molar-refractivity contribution is 7.80. The fraction of sp³-hybridized carbons (Fsp3) is 0.240. The van der Waals surface area contributed by atoms with Crippen LogP contribution in [-0.4, -0.2) is 24.7 Å². The predicted octanol–water partition coefficient (Wildman–Crippen LogP) is 7.18. The number of hydrogen-bond acceptors (Lipinski definition) is 3. The summed E-state index contributed by atoms with van der Waals surface area (Å²) < 4.78 is 3.84. The second kappa shape index (κ2) is 10.6. The molecule has 0 fully saturated rings. The first-order chi connectivity index (χ1) is 16.6. The van der Waals surface area contributed by atoms with E-state index in [1.807, 2.05) is 73.5 Å². The average molecular weight is 548 g/mol. The number of anilines is 2. The summed E-state index contributed by atoms with van der Waals surface area (Å²) in [5.74, 6) is 0. The summed E-state index contributed by atoms with van der Waals surface area (Å²) in [5, 5.41) is 18.2. The Bertz CT molecular complexity index is 1410. The number of nitrogens with one attached hydrogen (secondary N) is 2. The molecule has 0 saturated heterocycles. The number of aromatic nitrogens is 4. The number of aryl methyl sites for hydroxylation is 2. The van der Waals surface area contributed by atoms with Crippen LogP contribution in [0.5, 0.6) is 0 Å². The fourth-order valence-electron chi connectivity index (χ4n) is 3.92. The fourth-order valence-corrected chi connectivity index (χ4v) is 4.64. The Morgan fingerprint density at radius 1 is 0.771 bits per heavy atom. The lowest BCUT2D eigenvalue weighted by molar-refractivity contribution is 0.659. The van der Waals surface area contributed by atoms with E-state index in [4.69, 9.17) is 47.0 Å². The molecule has 0 radical (unpaired) electrons. The number of nitrogens with zero attached hydrogens (tertiary/aromatic N) is 4. The second-order valence-corrected chi connectivity index (χ2v) is 9.96. The lowest BCUT2D eigenvalue weighted by atomic mass is 10.2. The molecule has 0 amide bonds. The van der Waals surface area contributed by atoms with Gasteiger partial charge in [-0.25, -0.2) is 0 Å². The van der Waals surface area contributed by atoms with Crippen molar-refractivity contribution in [3.63, 3.8) is 0 Å². The van der Waals surface area contributed by atoms with Crippen LogP contribution in [0.15, 0.2) is 42.5 Å². The van der Waals surface area contributed by atoms with E-state index in [0.717, 1.165) is 50.3 Å². The maximum atomic E-state index is 6.34. The van der Waals surface area contributed by atoms with Crippen LogP contribution in [0.1, 0.15) is 33.9 Å². The predicted molar refractivity (Wildman–Crippen MR) is 149 cm³/mol. The van der Waals surface area contributed by atoms with Gasteiger partial charge in [-0.15, -0.1) is 0 Å². The van der Waals surface area contributed by atoms with Gasteiger partial charge in [-0.2, -0.15) is 10.2 Å². The van der Waals surface area contributed by atoms with Crippen molar-refractivity contribution in [2.45, 2.75) is 40.8 Å². The van der Waals surface area contributed by atoms with Gasteiger partial charge in [0.05, 0.1) is 57.3 Å². The number of hydrogen-bond donors (Lipinski definition) is 2. The molecule has 4 rings (SSSR count). The minimum atomic E-state index is 0.466. The van der Waals surface area contributed by atoms with Gasteiger partial charge in [0.1, 0.15) is 0 Å². The highest BCUT2D eigenvalue weighted by Crippen LogP contribution is 2.26. The van der Waals surface area contributed by atoms with E-state index < -0.39 is 0 Å². The van der Waals surface area contributed by atoms with Gasteiger partial charge in [-0.1, -0.05) is 59.1 Å². The van der Waals surface area contributed by atoms with Crippen molar-refractivity contribution in [1.82, 2.24) is 19.6 Å². The Labute approximate surface area is 225 Å². The largest absolute Gasteiger partial charge is 0.329 e. The molecule has 0 saturated carbocycles. The highest BCUT2D eigenvalue weighted by Gasteiger charge is 2.17. The molecule has 10 heteroatoms. The van der Waals surface area contributed by atoms with E-state index >= 15 is 0 Å². The van der Waals surface area contributed by atoms with Crippen molar-refractivity contribution in [1.29, 1.82) is 0 Å². The Morgan fingerprint density at radius 3 is 1.91 bits per heavy atom. The smallest absolute Gasteiger partial charge is 0.175 e. The molecule has 0 unspecified atom stereocenters. The molecule has 2 aromatic heterocycles. The van der Waals surface area contributed by atoms with Gasteiger partial charge in [-0.05, 0) is 69.2 Å². The Hall–Kier alpha value is -2.58. The number of halogens is 3. The molecule has 0 atom stereocenters. The van der Waals surface area contributed by atoms with Crippen LogP contribution in [-0.2, 0) is 13.1 Å². The zero-order valence-corrected chi connectivity index (χ0v) is 22.9. The molecule has 0 aliphatic carbocycles. The van der Waals surface area contributed by atoms with Crippen LogP contribution < -0.4 is 10.6 Å². The topological polar surface area (TPSA) is 59.7 Å². The summed E-state index contributed by atoms with van der Waals surface area (Å²) in [5.41, 5.74) is 7.37. The summed E-state index contributed by atoms with van der Waals surface area (Å²) >= 11 is 24.2. The van der Waals surface area contributed by atoms with Gasteiger partial charge in [0.25, 0.3) is 0 Å². The van der Waals surface area contributed by atoms with Crippen LogP contribution in [0.3, 0.4) is 0 Å². The summed E-state index contributed by atoms with van der Waals surface area (Å²) in [6, 6.07) is 13.4. The first kappa shape index (κ1) is 25.5. The van der Waals surface area contributed by atoms with Crippen LogP contribution in [0.25, 0.3) is 0 Å². The van der Waals surface area contributed by atoms with Gasteiger partial charge in [0.2, 0.25) is 0 Å². The number of thiocarbonyl (C=S) groups is 1. The number of benzene rings is 2. The van der Waals surface area contributed by atoms with E-state index in [1.165, 1.54) is 0 Å². The summed E-state index contributed by atoms with van der Waals surface area (Å²) in [7, 11) is 0. The SMILES string of the molecule is Cc1nn(Cc2ccc(Cl)c(Cl)c2)c(C)c1NC(=S)Nc1c(C)nn(Cc2ccccc2Cl)c1C. The molecule has 35 heavy (non-hydrogen) atoms. The first-order valence-electron chi connectivity index (χ1n) is 11.0.